The number of carbonyl (C=O) groups is 1. The first-order valence-corrected chi connectivity index (χ1v) is 10.8. The van der Waals surface area contributed by atoms with E-state index >= 15 is 0 Å². The zero-order valence-corrected chi connectivity index (χ0v) is 19.5. The summed E-state index contributed by atoms with van der Waals surface area (Å²) in [4.78, 5) is 26.2. The van der Waals surface area contributed by atoms with E-state index in [1.165, 1.54) is 20.3 Å². The number of anilines is 1. The molecule has 0 bridgehead atoms. The van der Waals surface area contributed by atoms with Gasteiger partial charge in [0.1, 0.15) is 5.58 Å². The highest BCUT2D eigenvalue weighted by Crippen LogP contribution is 2.37. The molecule has 4 aromatic rings. The number of ether oxygens (including phenoxy) is 3. The Hall–Kier alpha value is -3.97. The summed E-state index contributed by atoms with van der Waals surface area (Å²) < 4.78 is 22.7. The van der Waals surface area contributed by atoms with Crippen molar-refractivity contribution in [3.63, 3.8) is 0 Å². The number of amides is 1. The smallest absolute Gasteiger partial charge is 0.265 e. The van der Waals surface area contributed by atoms with Gasteiger partial charge in [0.05, 0.1) is 19.6 Å². The zero-order chi connectivity index (χ0) is 24.2. The number of rotatable bonds is 7. The molecule has 0 radical (unpaired) electrons. The van der Waals surface area contributed by atoms with Crippen molar-refractivity contribution < 1.29 is 23.4 Å². The van der Waals surface area contributed by atoms with E-state index in [0.29, 0.717) is 33.4 Å². The van der Waals surface area contributed by atoms with E-state index in [1.54, 1.807) is 61.5 Å². The molecule has 1 aromatic heterocycles. The van der Waals surface area contributed by atoms with Gasteiger partial charge in [0.25, 0.3) is 5.91 Å². The van der Waals surface area contributed by atoms with Crippen LogP contribution in [0.3, 0.4) is 0 Å². The molecule has 1 heterocycles. The number of carbonyl (C=O) groups excluding carboxylic acids is 1. The minimum Gasteiger partial charge on any atom is -0.493 e. The summed E-state index contributed by atoms with van der Waals surface area (Å²) in [6, 6.07) is 18.8. The van der Waals surface area contributed by atoms with E-state index in [2.05, 4.69) is 5.32 Å². The van der Waals surface area contributed by atoms with Gasteiger partial charge in [-0.05, 0) is 55.5 Å². The van der Waals surface area contributed by atoms with E-state index in [-0.39, 0.29) is 16.9 Å². The topological polar surface area (TPSA) is 87.0 Å². The van der Waals surface area contributed by atoms with Crippen LogP contribution in [0.4, 0.5) is 5.69 Å². The lowest BCUT2D eigenvalue weighted by Crippen LogP contribution is -2.31. The van der Waals surface area contributed by atoms with Crippen LogP contribution >= 0.6 is 11.6 Å². The second kappa shape index (κ2) is 9.89. The first-order chi connectivity index (χ1) is 16.4. The minimum atomic E-state index is -1.00. The third kappa shape index (κ3) is 4.70. The molecule has 3 aromatic carbocycles. The van der Waals surface area contributed by atoms with Gasteiger partial charge in [-0.15, -0.1) is 0 Å². The lowest BCUT2D eigenvalue weighted by Gasteiger charge is -2.17. The molecular formula is C26H22ClNO6. The molecule has 0 fully saturated rings. The standard InChI is InChI=1S/C26H22ClNO6/c1-15(26(30)28-18-7-5-4-6-8-18)33-25-23(29)19-14-17(27)10-12-20(19)34-24(25)16-9-11-21(31-2)22(13-16)32-3/h4-15H,1-3H3,(H,28,30). The van der Waals surface area contributed by atoms with Crippen molar-refractivity contribution in [1.29, 1.82) is 0 Å². The lowest BCUT2D eigenvalue weighted by molar-refractivity contribution is -0.122. The van der Waals surface area contributed by atoms with Gasteiger partial charge in [0, 0.05) is 16.3 Å². The average molecular weight is 480 g/mol. The van der Waals surface area contributed by atoms with Crippen molar-refractivity contribution in [1.82, 2.24) is 0 Å². The molecule has 0 aliphatic carbocycles. The number of methoxy groups -OCH3 is 2. The first-order valence-electron chi connectivity index (χ1n) is 10.4. The van der Waals surface area contributed by atoms with Crippen LogP contribution < -0.4 is 25.0 Å². The minimum absolute atomic E-state index is 0.113. The maximum atomic E-state index is 13.4. The normalized spacial score (nSPS) is 11.6. The van der Waals surface area contributed by atoms with Gasteiger partial charge in [-0.1, -0.05) is 29.8 Å². The summed E-state index contributed by atoms with van der Waals surface area (Å²) >= 11 is 6.10. The summed E-state index contributed by atoms with van der Waals surface area (Å²) in [6.45, 7) is 1.55. The molecule has 0 spiro atoms. The van der Waals surface area contributed by atoms with Crippen molar-refractivity contribution in [2.75, 3.05) is 19.5 Å². The Morgan fingerprint density at radius 2 is 1.71 bits per heavy atom. The van der Waals surface area contributed by atoms with Crippen LogP contribution in [0.1, 0.15) is 6.92 Å². The quantitative estimate of drug-likeness (QED) is 0.374. The van der Waals surface area contributed by atoms with E-state index < -0.39 is 17.4 Å². The predicted molar refractivity (Wildman–Crippen MR) is 131 cm³/mol. The van der Waals surface area contributed by atoms with Crippen molar-refractivity contribution in [2.45, 2.75) is 13.0 Å². The van der Waals surface area contributed by atoms with Crippen LogP contribution in [0.5, 0.6) is 17.2 Å². The molecule has 0 saturated heterocycles. The third-order valence-electron chi connectivity index (χ3n) is 5.16. The molecule has 8 heteroatoms. The molecule has 0 aliphatic rings. The summed E-state index contributed by atoms with van der Waals surface area (Å²) in [7, 11) is 3.03. The number of fused-ring (bicyclic) bond motifs is 1. The lowest BCUT2D eigenvalue weighted by atomic mass is 10.1. The second-order valence-electron chi connectivity index (χ2n) is 7.42. The molecule has 1 amide bonds. The van der Waals surface area contributed by atoms with Crippen molar-refractivity contribution >= 4 is 34.2 Å². The average Bonchev–Trinajstić information content (AvgIpc) is 2.86. The van der Waals surface area contributed by atoms with Gasteiger partial charge in [-0.25, -0.2) is 0 Å². The molecule has 34 heavy (non-hydrogen) atoms. The van der Waals surface area contributed by atoms with Crippen molar-refractivity contribution in [3.8, 4) is 28.6 Å². The van der Waals surface area contributed by atoms with Crippen LogP contribution in [0.15, 0.2) is 75.9 Å². The van der Waals surface area contributed by atoms with Crippen LogP contribution in [-0.2, 0) is 4.79 Å². The second-order valence-corrected chi connectivity index (χ2v) is 7.85. The SMILES string of the molecule is COc1ccc(-c2oc3ccc(Cl)cc3c(=O)c2OC(C)C(=O)Nc2ccccc2)cc1OC. The van der Waals surface area contributed by atoms with Gasteiger partial charge in [0.2, 0.25) is 11.2 Å². The number of halogens is 1. The van der Waals surface area contributed by atoms with Gasteiger partial charge in [0.15, 0.2) is 23.4 Å². The van der Waals surface area contributed by atoms with Gasteiger partial charge in [-0.3, -0.25) is 9.59 Å². The molecule has 1 unspecified atom stereocenters. The van der Waals surface area contributed by atoms with Gasteiger partial charge >= 0.3 is 0 Å². The van der Waals surface area contributed by atoms with Crippen LogP contribution in [0.25, 0.3) is 22.3 Å². The van der Waals surface area contributed by atoms with Crippen LogP contribution in [0.2, 0.25) is 5.02 Å². The highest BCUT2D eigenvalue weighted by Gasteiger charge is 2.24. The van der Waals surface area contributed by atoms with Crippen molar-refractivity contribution in [2.24, 2.45) is 0 Å². The summed E-state index contributed by atoms with van der Waals surface area (Å²) in [5.74, 6) is 0.576. The summed E-state index contributed by atoms with van der Waals surface area (Å²) in [6.07, 6.45) is -1.00. The molecule has 1 atom stereocenters. The monoisotopic (exact) mass is 479 g/mol. The number of hydrogen-bond donors (Lipinski definition) is 1. The molecule has 174 valence electrons. The number of nitrogens with one attached hydrogen (secondary N) is 1. The fourth-order valence-electron chi connectivity index (χ4n) is 3.42. The number of hydrogen-bond acceptors (Lipinski definition) is 6. The fraction of sp³-hybridized carbons (Fsp3) is 0.154. The van der Waals surface area contributed by atoms with Gasteiger partial charge in [-0.2, -0.15) is 0 Å². The Balaban J connectivity index is 1.80. The summed E-state index contributed by atoms with van der Waals surface area (Å²) in [5, 5.41) is 3.38. The Labute approximate surface area is 200 Å². The van der Waals surface area contributed by atoms with E-state index in [0.717, 1.165) is 0 Å². The van der Waals surface area contributed by atoms with E-state index in [4.69, 9.17) is 30.2 Å². The highest BCUT2D eigenvalue weighted by molar-refractivity contribution is 6.31. The highest BCUT2D eigenvalue weighted by atomic mass is 35.5. The molecule has 0 aliphatic heterocycles. The molecule has 1 N–H and O–H groups in total. The Bertz CT molecular complexity index is 1400. The predicted octanol–water partition coefficient (Wildman–Crippen LogP) is 5.54. The summed E-state index contributed by atoms with van der Waals surface area (Å²) in [5.41, 5.74) is 0.999. The largest absolute Gasteiger partial charge is 0.493 e. The maximum absolute atomic E-state index is 13.4. The number of para-hydroxylation sites is 1. The molecule has 7 nitrogen and oxygen atoms in total. The Morgan fingerprint density at radius 1 is 0.971 bits per heavy atom. The van der Waals surface area contributed by atoms with Gasteiger partial charge < -0.3 is 23.9 Å². The Morgan fingerprint density at radius 3 is 2.41 bits per heavy atom. The van der Waals surface area contributed by atoms with E-state index in [1.807, 2.05) is 6.07 Å². The number of benzene rings is 3. The molecular weight excluding hydrogens is 458 g/mol. The first kappa shape index (κ1) is 23.2. The van der Waals surface area contributed by atoms with Crippen LogP contribution in [-0.4, -0.2) is 26.2 Å². The fourth-order valence-corrected chi connectivity index (χ4v) is 3.59. The zero-order valence-electron chi connectivity index (χ0n) is 18.8. The third-order valence-corrected chi connectivity index (χ3v) is 5.40. The van der Waals surface area contributed by atoms with Crippen LogP contribution in [0, 0.1) is 0 Å². The maximum Gasteiger partial charge on any atom is 0.265 e. The molecule has 0 saturated carbocycles. The Kier molecular flexibility index (Phi) is 6.75. The van der Waals surface area contributed by atoms with Crippen molar-refractivity contribution in [3.05, 3.63) is 82.0 Å². The van der Waals surface area contributed by atoms with E-state index in [9.17, 15) is 9.59 Å². The molecule has 4 rings (SSSR count).